The zero-order valence-electron chi connectivity index (χ0n) is 9.77. The van der Waals surface area contributed by atoms with E-state index in [1.807, 2.05) is 0 Å². The normalized spacial score (nSPS) is 11.6. The fourth-order valence-corrected chi connectivity index (χ4v) is 1.33. The third-order valence-electron chi connectivity index (χ3n) is 2.21. The lowest BCUT2D eigenvalue weighted by Crippen LogP contribution is -2.14. The maximum absolute atomic E-state index is 13.2. The van der Waals surface area contributed by atoms with Crippen molar-refractivity contribution < 1.29 is 31.5 Å². The molecule has 2 nitrogen and oxygen atoms in total. The van der Waals surface area contributed by atoms with E-state index in [2.05, 4.69) is 0 Å². The quantitative estimate of drug-likeness (QED) is 0.453. The molecule has 0 N–H and O–H groups in total. The summed E-state index contributed by atoms with van der Waals surface area (Å²) in [5.41, 5.74) is -0.476. The van der Waals surface area contributed by atoms with Crippen molar-refractivity contribution in [3.8, 4) is 0 Å². The van der Waals surface area contributed by atoms with Gasteiger partial charge in [-0.15, -0.1) is 0 Å². The molecule has 0 aromatic heterocycles. The monoisotopic (exact) mass is 282 g/mol. The van der Waals surface area contributed by atoms with Gasteiger partial charge in [-0.1, -0.05) is 0 Å². The highest BCUT2D eigenvalue weighted by molar-refractivity contribution is 5.97. The molecular weight excluding hydrogens is 271 g/mol. The third-order valence-corrected chi connectivity index (χ3v) is 2.21. The molecule has 1 rings (SSSR count). The second kappa shape index (κ2) is 6.60. The molecule has 0 radical (unpaired) electrons. The molecule has 1 aromatic carbocycles. The van der Waals surface area contributed by atoms with E-state index in [1.54, 1.807) is 0 Å². The summed E-state index contributed by atoms with van der Waals surface area (Å²) in [5, 5.41) is 0. The Kier molecular flexibility index (Phi) is 5.41. The van der Waals surface area contributed by atoms with E-state index < -0.39 is 42.2 Å². The number of alkyl halides is 3. The van der Waals surface area contributed by atoms with Crippen LogP contribution in [0.5, 0.6) is 0 Å². The Hall–Kier alpha value is -1.50. The molecule has 0 heterocycles. The zero-order chi connectivity index (χ0) is 14.5. The van der Waals surface area contributed by atoms with E-state index >= 15 is 0 Å². The summed E-state index contributed by atoms with van der Waals surface area (Å²) in [6.07, 6.45) is -5.58. The molecule has 0 atom stereocenters. The van der Waals surface area contributed by atoms with Crippen LogP contribution < -0.4 is 0 Å². The summed E-state index contributed by atoms with van der Waals surface area (Å²) < 4.78 is 66.0. The van der Waals surface area contributed by atoms with Gasteiger partial charge in [0.15, 0.2) is 5.78 Å². The van der Waals surface area contributed by atoms with Crippen LogP contribution in [-0.4, -0.2) is 25.2 Å². The highest BCUT2D eigenvalue weighted by Crippen LogP contribution is 2.21. The van der Waals surface area contributed by atoms with Crippen LogP contribution in [0.1, 0.15) is 23.2 Å². The van der Waals surface area contributed by atoms with Gasteiger partial charge in [-0.25, -0.2) is 8.78 Å². The van der Waals surface area contributed by atoms with Gasteiger partial charge in [-0.2, -0.15) is 13.2 Å². The van der Waals surface area contributed by atoms with Crippen molar-refractivity contribution in [2.24, 2.45) is 0 Å². The fourth-order valence-electron chi connectivity index (χ4n) is 1.33. The Morgan fingerprint density at radius 1 is 1.21 bits per heavy atom. The van der Waals surface area contributed by atoms with E-state index in [9.17, 15) is 26.7 Å². The van der Waals surface area contributed by atoms with Crippen molar-refractivity contribution in [1.82, 2.24) is 0 Å². The number of carbonyl (C=O) groups is 1. The average molecular weight is 282 g/mol. The van der Waals surface area contributed by atoms with Gasteiger partial charge in [0.2, 0.25) is 0 Å². The van der Waals surface area contributed by atoms with Gasteiger partial charge in [0.25, 0.3) is 0 Å². The van der Waals surface area contributed by atoms with E-state index in [-0.39, 0.29) is 13.0 Å². The minimum absolute atomic E-state index is 0.276. The van der Waals surface area contributed by atoms with Crippen LogP contribution in [0.4, 0.5) is 22.0 Å². The summed E-state index contributed by atoms with van der Waals surface area (Å²) in [5.74, 6) is -2.49. The van der Waals surface area contributed by atoms with E-state index in [0.717, 1.165) is 18.2 Å². The highest BCUT2D eigenvalue weighted by Gasteiger charge is 2.26. The maximum atomic E-state index is 13.2. The molecule has 0 aliphatic rings. The van der Waals surface area contributed by atoms with Crippen molar-refractivity contribution in [3.63, 3.8) is 0 Å². The lowest BCUT2D eigenvalue weighted by Gasteiger charge is -2.07. The van der Waals surface area contributed by atoms with Crippen LogP contribution in [0.3, 0.4) is 0 Å². The first-order chi connectivity index (χ1) is 8.79. The summed E-state index contributed by atoms with van der Waals surface area (Å²) in [6.45, 7) is -0.861. The number of rotatable bonds is 6. The summed E-state index contributed by atoms with van der Waals surface area (Å²) >= 11 is 0. The summed E-state index contributed by atoms with van der Waals surface area (Å²) in [7, 11) is 0. The SMILES string of the molecule is O=C(COCCCC(F)(F)F)c1cc(F)ccc1F. The van der Waals surface area contributed by atoms with Crippen LogP contribution in [0, 0.1) is 11.6 Å². The second-order valence-electron chi connectivity index (χ2n) is 3.82. The summed E-state index contributed by atoms with van der Waals surface area (Å²) in [6, 6.07) is 2.37. The Morgan fingerprint density at radius 2 is 1.89 bits per heavy atom. The van der Waals surface area contributed by atoms with Gasteiger partial charge in [0.1, 0.15) is 18.2 Å². The molecule has 7 heteroatoms. The number of hydrogen-bond acceptors (Lipinski definition) is 2. The van der Waals surface area contributed by atoms with Crippen molar-refractivity contribution >= 4 is 5.78 Å². The Balaban J connectivity index is 2.38. The van der Waals surface area contributed by atoms with Crippen molar-refractivity contribution in [1.29, 1.82) is 0 Å². The van der Waals surface area contributed by atoms with Gasteiger partial charge >= 0.3 is 6.18 Å². The molecular formula is C12H11F5O2. The Labute approximate surface area is 106 Å². The maximum Gasteiger partial charge on any atom is 0.389 e. The molecule has 1 aromatic rings. The first-order valence-corrected chi connectivity index (χ1v) is 5.42. The van der Waals surface area contributed by atoms with Crippen molar-refractivity contribution in [2.75, 3.05) is 13.2 Å². The van der Waals surface area contributed by atoms with Gasteiger partial charge in [-0.05, 0) is 24.6 Å². The molecule has 19 heavy (non-hydrogen) atoms. The average Bonchev–Trinajstić information content (AvgIpc) is 2.30. The molecule has 0 unspecified atom stereocenters. The molecule has 0 saturated heterocycles. The van der Waals surface area contributed by atoms with Crippen LogP contribution >= 0.6 is 0 Å². The topological polar surface area (TPSA) is 26.3 Å². The molecule has 0 aliphatic heterocycles. The van der Waals surface area contributed by atoms with Crippen LogP contribution in [0.15, 0.2) is 18.2 Å². The standard InChI is InChI=1S/C12H11F5O2/c13-8-2-3-10(14)9(6-8)11(18)7-19-5-1-4-12(15,16)17/h2-3,6H,1,4-5,7H2. The van der Waals surface area contributed by atoms with Crippen molar-refractivity contribution in [2.45, 2.75) is 19.0 Å². The highest BCUT2D eigenvalue weighted by atomic mass is 19.4. The molecule has 0 saturated carbocycles. The zero-order valence-corrected chi connectivity index (χ0v) is 9.77. The van der Waals surface area contributed by atoms with Gasteiger partial charge in [-0.3, -0.25) is 4.79 Å². The number of ketones is 1. The first-order valence-electron chi connectivity index (χ1n) is 5.42. The molecule has 0 bridgehead atoms. The number of halogens is 5. The molecule has 0 amide bonds. The number of benzene rings is 1. The largest absolute Gasteiger partial charge is 0.389 e. The van der Waals surface area contributed by atoms with Gasteiger partial charge in [0.05, 0.1) is 5.56 Å². The minimum Gasteiger partial charge on any atom is -0.373 e. The number of carbonyl (C=O) groups excluding carboxylic acids is 1. The van der Waals surface area contributed by atoms with Crippen LogP contribution in [0.25, 0.3) is 0 Å². The first kappa shape index (κ1) is 15.6. The molecule has 0 spiro atoms. The number of ether oxygens (including phenoxy) is 1. The molecule has 0 fully saturated rings. The smallest absolute Gasteiger partial charge is 0.373 e. The van der Waals surface area contributed by atoms with E-state index in [4.69, 9.17) is 4.74 Å². The lowest BCUT2D eigenvalue weighted by molar-refractivity contribution is -0.137. The fraction of sp³-hybridized carbons (Fsp3) is 0.417. The van der Waals surface area contributed by atoms with Crippen LogP contribution in [-0.2, 0) is 4.74 Å². The van der Waals surface area contributed by atoms with Gasteiger partial charge < -0.3 is 4.74 Å². The second-order valence-corrected chi connectivity index (χ2v) is 3.82. The molecule has 0 aliphatic carbocycles. The van der Waals surface area contributed by atoms with E-state index in [0.29, 0.717) is 0 Å². The Morgan fingerprint density at radius 3 is 2.53 bits per heavy atom. The van der Waals surface area contributed by atoms with Crippen molar-refractivity contribution in [3.05, 3.63) is 35.4 Å². The predicted molar refractivity (Wildman–Crippen MR) is 56.8 cm³/mol. The van der Waals surface area contributed by atoms with Gasteiger partial charge in [0, 0.05) is 13.0 Å². The van der Waals surface area contributed by atoms with E-state index in [1.165, 1.54) is 0 Å². The Bertz CT molecular complexity index is 442. The third kappa shape index (κ3) is 5.78. The summed E-state index contributed by atoms with van der Waals surface area (Å²) in [4.78, 5) is 11.4. The molecule has 106 valence electrons. The number of Topliss-reactive ketones (excluding diaryl/α,β-unsaturated/α-hetero) is 1. The van der Waals surface area contributed by atoms with Crippen LogP contribution in [0.2, 0.25) is 0 Å². The lowest BCUT2D eigenvalue weighted by atomic mass is 10.1. The number of hydrogen-bond donors (Lipinski definition) is 0. The predicted octanol–water partition coefficient (Wildman–Crippen LogP) is 3.51. The minimum atomic E-state index is -4.28.